The minimum Gasteiger partial charge on any atom is -0.166 e. The van der Waals surface area contributed by atoms with Crippen LogP contribution in [0.2, 0.25) is 0 Å². The maximum absolute atomic E-state index is 14.2. The molecule has 1 aliphatic carbocycles. The number of alkyl halides is 6. The average Bonchev–Trinajstić information content (AvgIpc) is 3.40. The number of halogens is 6. The Morgan fingerprint density at radius 1 is 0.511 bits per heavy atom. The topological polar surface area (TPSA) is 0 Å². The lowest BCUT2D eigenvalue weighted by molar-refractivity contribution is -0.138. The van der Waals surface area contributed by atoms with E-state index in [9.17, 15) is 26.3 Å². The third-order valence-corrected chi connectivity index (χ3v) is 15.0. The van der Waals surface area contributed by atoms with Crippen molar-refractivity contribution in [3.05, 3.63) is 117 Å². The highest BCUT2D eigenvalue weighted by Crippen LogP contribution is 2.57. The van der Waals surface area contributed by atoms with Gasteiger partial charge in [-0.3, -0.25) is 0 Å². The lowest BCUT2D eigenvalue weighted by atomic mass is 10.0. The minimum atomic E-state index is -4.56. The van der Waals surface area contributed by atoms with E-state index in [0.29, 0.717) is 21.7 Å². The predicted molar refractivity (Wildman–Crippen MR) is 187 cm³/mol. The first-order valence-corrected chi connectivity index (χ1v) is 18.9. The molecule has 8 heteroatoms. The predicted octanol–water partition coefficient (Wildman–Crippen LogP) is 10.7. The second-order valence-electron chi connectivity index (χ2n) is 13.4. The van der Waals surface area contributed by atoms with E-state index in [-0.39, 0.29) is 17.2 Å². The standard InChI is InChI=1S/C39H42F6P2/c1-23-11-24(2)16-32(15-23)46(33-17-25(3)12-26(4)18-33)29(7)36-9-8-10-37(36)47(34-19-27(5)13-30(21-34)38(40,41)42)35-20-28(6)14-31(22-35)39(43,44)45/h11-22,29,36-37H,8-10H2,1-7H3/t29-,36?,37?/m1/s1. The first kappa shape index (κ1) is 35.6. The van der Waals surface area contributed by atoms with Crippen LogP contribution in [0.5, 0.6) is 0 Å². The van der Waals surface area contributed by atoms with Gasteiger partial charge in [0, 0.05) is 0 Å². The maximum atomic E-state index is 14.2. The molecule has 250 valence electrons. The van der Waals surface area contributed by atoms with Crippen LogP contribution in [-0.2, 0) is 12.4 Å². The number of benzene rings is 4. The van der Waals surface area contributed by atoms with Gasteiger partial charge >= 0.3 is 12.4 Å². The zero-order valence-electron chi connectivity index (χ0n) is 27.9. The van der Waals surface area contributed by atoms with E-state index in [0.717, 1.165) is 31.4 Å². The lowest BCUT2D eigenvalue weighted by Gasteiger charge is -2.38. The van der Waals surface area contributed by atoms with Gasteiger partial charge in [-0.1, -0.05) is 84.1 Å². The summed E-state index contributed by atoms with van der Waals surface area (Å²) < 4.78 is 84.9. The average molecular weight is 687 g/mol. The molecule has 0 saturated heterocycles. The fourth-order valence-corrected chi connectivity index (χ4v) is 14.5. The molecule has 0 radical (unpaired) electrons. The fourth-order valence-electron chi connectivity index (χ4n) is 7.51. The second-order valence-corrected chi connectivity index (χ2v) is 18.5. The number of hydrogen-bond acceptors (Lipinski definition) is 0. The molecule has 0 aromatic heterocycles. The summed E-state index contributed by atoms with van der Waals surface area (Å²) in [5, 5.41) is 3.51. The summed E-state index contributed by atoms with van der Waals surface area (Å²) in [7, 11) is -2.45. The Labute approximate surface area is 277 Å². The molecule has 4 aromatic carbocycles. The van der Waals surface area contributed by atoms with E-state index in [4.69, 9.17) is 0 Å². The minimum absolute atomic E-state index is 0.0763. The smallest absolute Gasteiger partial charge is 0.166 e. The normalized spacial score (nSPS) is 17.9. The van der Waals surface area contributed by atoms with Crippen LogP contribution in [0.1, 0.15) is 70.7 Å². The Morgan fingerprint density at radius 3 is 1.26 bits per heavy atom. The van der Waals surface area contributed by atoms with Crippen molar-refractivity contribution < 1.29 is 26.3 Å². The molecule has 1 aliphatic rings. The molecule has 2 unspecified atom stereocenters. The van der Waals surface area contributed by atoms with Crippen molar-refractivity contribution in [1.29, 1.82) is 0 Å². The molecule has 5 rings (SSSR count). The van der Waals surface area contributed by atoms with Gasteiger partial charge in [-0.05, 0) is 144 Å². The van der Waals surface area contributed by atoms with Crippen LogP contribution < -0.4 is 21.2 Å². The van der Waals surface area contributed by atoms with Crippen LogP contribution in [0, 0.1) is 47.5 Å². The zero-order valence-corrected chi connectivity index (χ0v) is 29.7. The van der Waals surface area contributed by atoms with Crippen molar-refractivity contribution in [3.63, 3.8) is 0 Å². The van der Waals surface area contributed by atoms with Gasteiger partial charge in [0.25, 0.3) is 0 Å². The molecule has 0 amide bonds. The summed E-state index contributed by atoms with van der Waals surface area (Å²) >= 11 is 0. The highest BCUT2D eigenvalue weighted by molar-refractivity contribution is 7.74. The first-order valence-electron chi connectivity index (χ1n) is 16.0. The van der Waals surface area contributed by atoms with Crippen molar-refractivity contribution in [2.24, 2.45) is 5.92 Å². The number of hydrogen-bond donors (Lipinski definition) is 0. The molecule has 1 fully saturated rings. The third-order valence-electron chi connectivity index (χ3n) is 9.19. The van der Waals surface area contributed by atoms with E-state index in [1.165, 1.54) is 45.0 Å². The summed E-state index contributed by atoms with van der Waals surface area (Å²) in [5.41, 5.74) is 4.18. The third kappa shape index (κ3) is 8.14. The Bertz CT molecular complexity index is 1600. The fraction of sp³-hybridized carbons (Fsp3) is 0.385. The lowest BCUT2D eigenvalue weighted by Crippen LogP contribution is -2.34. The van der Waals surface area contributed by atoms with Gasteiger partial charge in [0.2, 0.25) is 0 Å². The van der Waals surface area contributed by atoms with Crippen molar-refractivity contribution in [3.8, 4) is 0 Å². The van der Waals surface area contributed by atoms with Gasteiger partial charge in [0.1, 0.15) is 0 Å². The summed E-state index contributed by atoms with van der Waals surface area (Å²) in [6.07, 6.45) is -6.59. The largest absolute Gasteiger partial charge is 0.416 e. The summed E-state index contributed by atoms with van der Waals surface area (Å²) in [4.78, 5) is 0. The molecule has 47 heavy (non-hydrogen) atoms. The second kappa shape index (κ2) is 13.7. The Kier molecular flexibility index (Phi) is 10.4. The highest BCUT2D eigenvalue weighted by atomic mass is 31.1. The molecule has 0 nitrogen and oxygen atoms in total. The van der Waals surface area contributed by atoms with E-state index in [1.54, 1.807) is 26.0 Å². The van der Waals surface area contributed by atoms with Crippen LogP contribution in [0.3, 0.4) is 0 Å². The Hall–Kier alpha value is -2.68. The summed E-state index contributed by atoms with van der Waals surface area (Å²) in [6.45, 7) is 13.9. The van der Waals surface area contributed by atoms with E-state index in [1.807, 2.05) is 0 Å². The number of aryl methyl sites for hydroxylation is 6. The van der Waals surface area contributed by atoms with Gasteiger partial charge in [0.15, 0.2) is 0 Å². The monoisotopic (exact) mass is 686 g/mol. The van der Waals surface area contributed by atoms with E-state index in [2.05, 4.69) is 71.0 Å². The Morgan fingerprint density at radius 2 is 0.872 bits per heavy atom. The summed E-state index contributed by atoms with van der Waals surface area (Å²) in [5.74, 6) is 0.110. The van der Waals surface area contributed by atoms with Crippen molar-refractivity contribution in [1.82, 2.24) is 0 Å². The van der Waals surface area contributed by atoms with Gasteiger partial charge < -0.3 is 0 Å². The molecule has 0 heterocycles. The van der Waals surface area contributed by atoms with Gasteiger partial charge in [-0.25, -0.2) is 0 Å². The molecule has 3 atom stereocenters. The van der Waals surface area contributed by atoms with Gasteiger partial charge in [0.05, 0.1) is 11.1 Å². The van der Waals surface area contributed by atoms with Crippen LogP contribution in [-0.4, -0.2) is 11.3 Å². The van der Waals surface area contributed by atoms with E-state index >= 15 is 0 Å². The summed E-state index contributed by atoms with van der Waals surface area (Å²) in [6, 6.07) is 21.5. The van der Waals surface area contributed by atoms with Gasteiger partial charge in [-0.2, -0.15) is 26.3 Å². The molecule has 0 N–H and O–H groups in total. The highest BCUT2D eigenvalue weighted by Gasteiger charge is 2.43. The molecular formula is C39H42F6P2. The molecule has 1 saturated carbocycles. The van der Waals surface area contributed by atoms with Gasteiger partial charge in [-0.15, -0.1) is 0 Å². The van der Waals surface area contributed by atoms with Crippen LogP contribution in [0.4, 0.5) is 26.3 Å². The van der Waals surface area contributed by atoms with Crippen molar-refractivity contribution >= 4 is 37.1 Å². The van der Waals surface area contributed by atoms with Crippen molar-refractivity contribution in [2.75, 3.05) is 0 Å². The SMILES string of the molecule is Cc1cc(C)cc(P(c2cc(C)cc(C)c2)[C@H](C)C2CCCC2P(c2cc(C)cc(C(F)(F)F)c2)c2cc(C)cc(C(F)(F)F)c2)c1. The van der Waals surface area contributed by atoms with Crippen molar-refractivity contribution in [2.45, 2.75) is 91.4 Å². The molecule has 0 bridgehead atoms. The zero-order chi connectivity index (χ0) is 34.4. The first-order chi connectivity index (χ1) is 21.9. The van der Waals surface area contributed by atoms with Crippen LogP contribution >= 0.6 is 15.8 Å². The molecule has 0 spiro atoms. The Balaban J connectivity index is 1.70. The quantitative estimate of drug-likeness (QED) is 0.134. The number of rotatable bonds is 7. The molecule has 0 aliphatic heterocycles. The van der Waals surface area contributed by atoms with E-state index < -0.39 is 39.3 Å². The molecular weight excluding hydrogens is 644 g/mol. The van der Waals surface area contributed by atoms with Crippen LogP contribution in [0.25, 0.3) is 0 Å². The van der Waals surface area contributed by atoms with Crippen LogP contribution in [0.15, 0.2) is 72.8 Å². The molecule has 4 aromatic rings. The maximum Gasteiger partial charge on any atom is 0.416 e.